The van der Waals surface area contributed by atoms with Gasteiger partial charge in [0.05, 0.1) is 35.9 Å². The van der Waals surface area contributed by atoms with Crippen LogP contribution in [-0.4, -0.2) is 40.3 Å². The van der Waals surface area contributed by atoms with Crippen LogP contribution in [0.3, 0.4) is 0 Å². The van der Waals surface area contributed by atoms with Gasteiger partial charge in [-0.2, -0.15) is 4.40 Å². The van der Waals surface area contributed by atoms with Crippen molar-refractivity contribution in [1.82, 2.24) is 20.1 Å². The van der Waals surface area contributed by atoms with Crippen molar-refractivity contribution in [3.8, 4) is 16.8 Å². The van der Waals surface area contributed by atoms with E-state index in [9.17, 15) is 0 Å². The third kappa shape index (κ3) is 3.86. The highest BCUT2D eigenvalue weighted by molar-refractivity contribution is 5.92. The van der Waals surface area contributed by atoms with E-state index in [2.05, 4.69) is 81.3 Å². The van der Waals surface area contributed by atoms with Gasteiger partial charge in [-0.05, 0) is 54.8 Å². The van der Waals surface area contributed by atoms with Gasteiger partial charge < -0.3 is 20.5 Å². The molecule has 3 aromatic heterocycles. The number of nitrogens with two attached hydrogens (primary N) is 1. The lowest BCUT2D eigenvalue weighted by Gasteiger charge is -2.50. The lowest BCUT2D eigenvalue weighted by Crippen LogP contribution is -2.60. The molecule has 1 atom stereocenters. The average Bonchev–Trinajstić information content (AvgIpc) is 3.63. The Labute approximate surface area is 232 Å². The van der Waals surface area contributed by atoms with Gasteiger partial charge in [0, 0.05) is 29.7 Å². The van der Waals surface area contributed by atoms with Crippen LogP contribution in [0, 0.1) is 0 Å². The fraction of sp³-hybridized carbons (Fsp3) is 0.344. The van der Waals surface area contributed by atoms with E-state index < -0.39 is 11.3 Å². The minimum absolute atomic E-state index is 0.203. The summed E-state index contributed by atoms with van der Waals surface area (Å²) in [5.74, 6) is 0.532. The zero-order chi connectivity index (χ0) is 26.7. The molecule has 2 aliphatic heterocycles. The molecule has 0 amide bonds. The van der Waals surface area contributed by atoms with Gasteiger partial charge >= 0.3 is 0 Å². The van der Waals surface area contributed by atoms with Gasteiger partial charge in [0.1, 0.15) is 11.7 Å². The highest BCUT2D eigenvalue weighted by Gasteiger charge is 2.57. The lowest BCUT2D eigenvalue weighted by molar-refractivity contribution is -0.524. The molecular weight excluding hydrogens is 500 g/mol. The van der Waals surface area contributed by atoms with Crippen molar-refractivity contribution in [2.75, 3.05) is 19.8 Å². The van der Waals surface area contributed by atoms with E-state index >= 15 is 0 Å². The summed E-state index contributed by atoms with van der Waals surface area (Å²) in [4.78, 5) is 4.85. The van der Waals surface area contributed by atoms with Crippen LogP contribution in [0.1, 0.15) is 49.5 Å². The number of hydrogen-bond donors (Lipinski definition) is 2. The van der Waals surface area contributed by atoms with E-state index in [1.165, 1.54) is 12.8 Å². The molecule has 1 aliphatic carbocycles. The Balaban J connectivity index is 1.25. The fourth-order valence-electron chi connectivity index (χ4n) is 6.76. The molecule has 1 spiro atoms. The Kier molecular flexibility index (Phi) is 5.54. The van der Waals surface area contributed by atoms with Gasteiger partial charge in [-0.1, -0.05) is 53.6 Å². The predicted octanol–water partition coefficient (Wildman–Crippen LogP) is 4.33. The Hall–Kier alpha value is -3.69. The van der Waals surface area contributed by atoms with E-state index in [1.54, 1.807) is 0 Å². The van der Waals surface area contributed by atoms with E-state index in [0.29, 0.717) is 26.1 Å². The van der Waals surface area contributed by atoms with E-state index in [1.807, 2.05) is 12.3 Å². The average molecular weight is 534 g/mol. The van der Waals surface area contributed by atoms with E-state index in [-0.39, 0.29) is 6.04 Å². The molecule has 1 unspecified atom stereocenters. The van der Waals surface area contributed by atoms with Gasteiger partial charge in [0.15, 0.2) is 5.79 Å². The third-order valence-corrected chi connectivity index (χ3v) is 8.82. The number of pyridine rings is 2. The van der Waals surface area contributed by atoms with Crippen molar-refractivity contribution >= 4 is 16.6 Å². The number of ether oxygens (including phenoxy) is 2. The first-order chi connectivity index (χ1) is 19.6. The van der Waals surface area contributed by atoms with E-state index in [0.717, 1.165) is 57.7 Å². The highest BCUT2D eigenvalue weighted by Crippen LogP contribution is 2.51. The number of nitrogens with zero attached hydrogens (tertiary/aromatic N) is 4. The van der Waals surface area contributed by atoms with Gasteiger partial charge in [-0.3, -0.25) is 4.98 Å². The number of nitrogens with one attached hydrogen (secondary N) is 1. The molecule has 2 aromatic carbocycles. The molecule has 8 rings (SSSR count). The maximum absolute atomic E-state index is 6.80. The monoisotopic (exact) mass is 533 g/mol. The molecule has 3 aliphatic rings. The SMILES string of the molecule is NC1(c2ccc(-n3nc(C4CCCCN4)[n+]4ccc5ncc(-c6ccccc6)cc5c34)cc2)CC2(C1)OCCO2. The normalized spacial score (nSPS) is 21.7. The molecule has 40 heavy (non-hydrogen) atoms. The highest BCUT2D eigenvalue weighted by atomic mass is 16.7. The molecule has 3 fully saturated rings. The Morgan fingerprint density at radius 3 is 2.50 bits per heavy atom. The molecule has 0 radical (unpaired) electrons. The summed E-state index contributed by atoms with van der Waals surface area (Å²) in [6.07, 6.45) is 8.89. The summed E-state index contributed by atoms with van der Waals surface area (Å²) in [6.45, 7) is 2.30. The van der Waals surface area contributed by atoms with Crippen LogP contribution in [0.25, 0.3) is 33.4 Å². The minimum atomic E-state index is -0.494. The number of aromatic nitrogens is 4. The topological polar surface area (TPSA) is 91.3 Å². The Morgan fingerprint density at radius 2 is 1.75 bits per heavy atom. The van der Waals surface area contributed by atoms with Crippen LogP contribution in [0.15, 0.2) is 79.1 Å². The summed E-state index contributed by atoms with van der Waals surface area (Å²) in [5, 5.41) is 9.99. The largest absolute Gasteiger partial charge is 0.347 e. The van der Waals surface area contributed by atoms with Crippen LogP contribution >= 0.6 is 0 Å². The van der Waals surface area contributed by atoms with Crippen molar-refractivity contribution in [1.29, 1.82) is 0 Å². The minimum Gasteiger partial charge on any atom is -0.347 e. The molecule has 8 heteroatoms. The number of piperidine rings is 1. The first-order valence-corrected chi connectivity index (χ1v) is 14.3. The second kappa shape index (κ2) is 9.17. The number of hydrogen-bond acceptors (Lipinski definition) is 6. The summed E-state index contributed by atoms with van der Waals surface area (Å²) in [7, 11) is 0. The van der Waals surface area contributed by atoms with Crippen LogP contribution in [0.5, 0.6) is 0 Å². The van der Waals surface area contributed by atoms with Crippen LogP contribution in [0.2, 0.25) is 0 Å². The lowest BCUT2D eigenvalue weighted by atomic mass is 9.68. The van der Waals surface area contributed by atoms with Gasteiger partial charge in [-0.15, -0.1) is 0 Å². The molecule has 202 valence electrons. The van der Waals surface area contributed by atoms with Crippen LogP contribution in [0.4, 0.5) is 0 Å². The van der Waals surface area contributed by atoms with Crippen molar-refractivity contribution in [3.63, 3.8) is 0 Å². The number of benzene rings is 2. The molecule has 2 saturated heterocycles. The third-order valence-electron chi connectivity index (χ3n) is 8.82. The summed E-state index contributed by atoms with van der Waals surface area (Å²) >= 11 is 0. The zero-order valence-electron chi connectivity index (χ0n) is 22.4. The van der Waals surface area contributed by atoms with Gasteiger partial charge in [0.2, 0.25) is 0 Å². The number of fused-ring (bicyclic) bond motifs is 3. The van der Waals surface area contributed by atoms with Crippen molar-refractivity contribution in [3.05, 3.63) is 90.5 Å². The second-order valence-corrected chi connectivity index (χ2v) is 11.5. The van der Waals surface area contributed by atoms with Crippen LogP contribution < -0.4 is 15.5 Å². The van der Waals surface area contributed by atoms with Crippen LogP contribution in [-0.2, 0) is 15.0 Å². The standard InChI is InChI=1S/C32H33N6O2/c33-31(20-32(21-31)39-16-17-40-32)24-9-11-25(12-10-24)38-30-26-18-23(22-6-2-1-3-7-22)19-35-27(26)13-15-37(30)29(36-38)28-8-4-5-14-34-28/h1-3,6-7,9-13,15,18-19,28,34H,4-5,8,14,16-17,20-21,33H2/q+1. The maximum Gasteiger partial charge on any atom is 0.299 e. The van der Waals surface area contributed by atoms with Crippen molar-refractivity contribution < 1.29 is 13.9 Å². The fourth-order valence-corrected chi connectivity index (χ4v) is 6.76. The van der Waals surface area contributed by atoms with E-state index in [4.69, 9.17) is 25.3 Å². The quantitative estimate of drug-likeness (QED) is 0.334. The predicted molar refractivity (Wildman–Crippen MR) is 152 cm³/mol. The van der Waals surface area contributed by atoms with Crippen molar-refractivity contribution in [2.24, 2.45) is 5.73 Å². The van der Waals surface area contributed by atoms with Crippen molar-refractivity contribution in [2.45, 2.75) is 49.5 Å². The van der Waals surface area contributed by atoms with Gasteiger partial charge in [0.25, 0.3) is 11.5 Å². The molecule has 8 nitrogen and oxygen atoms in total. The zero-order valence-corrected chi connectivity index (χ0v) is 22.4. The summed E-state index contributed by atoms with van der Waals surface area (Å²) in [6, 6.07) is 23.5. The molecule has 0 bridgehead atoms. The molecule has 1 saturated carbocycles. The Bertz CT molecular complexity index is 1700. The second-order valence-electron chi connectivity index (χ2n) is 11.5. The smallest absolute Gasteiger partial charge is 0.299 e. The number of rotatable bonds is 4. The molecule has 5 aromatic rings. The van der Waals surface area contributed by atoms with Gasteiger partial charge in [-0.25, -0.2) is 0 Å². The molecule has 3 N–H and O–H groups in total. The molecule has 5 heterocycles. The summed E-state index contributed by atoms with van der Waals surface area (Å²) in [5.41, 5.74) is 12.6. The Morgan fingerprint density at radius 1 is 0.950 bits per heavy atom. The summed E-state index contributed by atoms with van der Waals surface area (Å²) < 4.78 is 16.0. The molecular formula is C32H33N6O2+. The maximum atomic E-state index is 6.80. The first kappa shape index (κ1) is 24.1. The first-order valence-electron chi connectivity index (χ1n) is 14.3.